The lowest BCUT2D eigenvalue weighted by Gasteiger charge is -2.32. The number of hydrogen-bond acceptors (Lipinski definition) is 5. The Morgan fingerprint density at radius 3 is 2.23 bits per heavy atom. The van der Waals surface area contributed by atoms with Gasteiger partial charge in [0.25, 0.3) is 0 Å². The lowest BCUT2D eigenvalue weighted by Crippen LogP contribution is -2.42. The molecule has 168 valence electrons. The van der Waals surface area contributed by atoms with E-state index in [4.69, 9.17) is 10.6 Å². The molecule has 5 nitrogen and oxygen atoms in total. The zero-order valence-corrected chi connectivity index (χ0v) is 19.5. The van der Waals surface area contributed by atoms with Crippen LogP contribution in [0.3, 0.4) is 0 Å². The lowest BCUT2D eigenvalue weighted by molar-refractivity contribution is -0.228. The number of nitrogens with one attached hydrogen (secondary N) is 1. The zero-order chi connectivity index (χ0) is 22.3. The first-order valence-corrected chi connectivity index (χ1v) is 11.3. The zero-order valence-electron chi connectivity index (χ0n) is 19.5. The highest BCUT2D eigenvalue weighted by molar-refractivity contribution is 6.08. The van der Waals surface area contributed by atoms with Gasteiger partial charge in [-0.05, 0) is 61.0 Å². The molecule has 3 aromatic carbocycles. The quantitative estimate of drug-likeness (QED) is 0.361. The van der Waals surface area contributed by atoms with Gasteiger partial charge in [-0.2, -0.15) is 5.06 Å². The highest BCUT2D eigenvalue weighted by Crippen LogP contribution is 2.29. The molecule has 3 aromatic rings. The lowest BCUT2D eigenvalue weighted by atomic mass is 9.97. The molecule has 0 radical (unpaired) electrons. The number of nitrogens with zero attached hydrogens (tertiary/aromatic N) is 2. The van der Waals surface area contributed by atoms with E-state index in [1.54, 1.807) is 0 Å². The average Bonchev–Trinajstić information content (AvgIpc) is 2.74. The minimum absolute atomic E-state index is 0.223. The number of fused-ring (bicyclic) bond motifs is 3. The van der Waals surface area contributed by atoms with Crippen molar-refractivity contribution in [1.29, 1.82) is 0 Å². The molecule has 0 aliphatic rings. The molecule has 0 bridgehead atoms. The summed E-state index contributed by atoms with van der Waals surface area (Å²) in [4.78, 5) is 8.62. The van der Waals surface area contributed by atoms with Crippen molar-refractivity contribution in [3.63, 3.8) is 0 Å². The predicted octanol–water partition coefficient (Wildman–Crippen LogP) is 4.01. The van der Waals surface area contributed by atoms with E-state index in [0.29, 0.717) is 6.54 Å². The van der Waals surface area contributed by atoms with E-state index in [9.17, 15) is 0 Å². The van der Waals surface area contributed by atoms with Gasteiger partial charge >= 0.3 is 0 Å². The van der Waals surface area contributed by atoms with E-state index < -0.39 is 0 Å². The van der Waals surface area contributed by atoms with Crippen LogP contribution in [0.1, 0.15) is 26.3 Å². The molecule has 0 heterocycles. The summed E-state index contributed by atoms with van der Waals surface area (Å²) in [5.74, 6) is 0. The maximum atomic E-state index is 6.12. The minimum atomic E-state index is -0.223. The van der Waals surface area contributed by atoms with Crippen molar-refractivity contribution in [2.75, 3.05) is 46.3 Å². The van der Waals surface area contributed by atoms with Gasteiger partial charge in [-0.3, -0.25) is 9.74 Å². The highest BCUT2D eigenvalue weighted by atomic mass is 16.7. The van der Waals surface area contributed by atoms with Crippen LogP contribution in [0, 0.1) is 0 Å². The first kappa shape index (κ1) is 23.6. The van der Waals surface area contributed by atoms with Crippen molar-refractivity contribution in [3.8, 4) is 0 Å². The van der Waals surface area contributed by atoms with Crippen LogP contribution in [0.2, 0.25) is 0 Å². The molecule has 0 aliphatic heterocycles. The van der Waals surface area contributed by atoms with Gasteiger partial charge in [-0.1, -0.05) is 48.5 Å². The van der Waals surface area contributed by atoms with Gasteiger partial charge in [0.15, 0.2) is 0 Å². The summed E-state index contributed by atoms with van der Waals surface area (Å²) in [6.45, 7) is 12.1. The second-order valence-corrected chi connectivity index (χ2v) is 9.10. The number of nitrogens with two attached hydrogens (primary N) is 1. The molecule has 0 unspecified atom stereocenters. The number of rotatable bonds is 11. The Labute approximate surface area is 187 Å². The van der Waals surface area contributed by atoms with Gasteiger partial charge in [-0.25, -0.2) is 0 Å². The van der Waals surface area contributed by atoms with Gasteiger partial charge in [-0.15, -0.1) is 0 Å². The summed E-state index contributed by atoms with van der Waals surface area (Å²) in [5, 5.41) is 10.6. The molecular formula is C26H38N4O. The average molecular weight is 423 g/mol. The number of likely N-dealkylation sites (N-methyl/N-ethyl adjacent to an activating group) is 1. The standard InChI is InChI=1S/C26H38N4O/c1-26(2,3)31-30(15-13-27)18-17-29(16-14-28-4)20-22-19-21-9-5-6-10-23(21)25-12-8-7-11-24(22)25/h5-12,19,28H,13-18,20,27H2,1-4H3. The fourth-order valence-corrected chi connectivity index (χ4v) is 4.03. The van der Waals surface area contributed by atoms with Crippen molar-refractivity contribution in [2.45, 2.75) is 32.9 Å². The molecule has 3 rings (SSSR count). The van der Waals surface area contributed by atoms with Gasteiger partial charge in [0.1, 0.15) is 0 Å². The van der Waals surface area contributed by atoms with Gasteiger partial charge in [0.2, 0.25) is 0 Å². The Bertz CT molecular complexity index is 966. The number of hydroxylamine groups is 2. The maximum absolute atomic E-state index is 6.12. The third-order valence-electron chi connectivity index (χ3n) is 5.37. The first-order valence-electron chi connectivity index (χ1n) is 11.3. The smallest absolute Gasteiger partial charge is 0.0815 e. The minimum Gasteiger partial charge on any atom is -0.329 e. The third kappa shape index (κ3) is 6.73. The molecular weight excluding hydrogens is 384 g/mol. The fourth-order valence-electron chi connectivity index (χ4n) is 4.03. The van der Waals surface area contributed by atoms with E-state index in [2.05, 4.69) is 85.6 Å². The maximum Gasteiger partial charge on any atom is 0.0815 e. The van der Waals surface area contributed by atoms with Crippen LogP contribution in [0.4, 0.5) is 0 Å². The van der Waals surface area contributed by atoms with Crippen LogP contribution in [0.5, 0.6) is 0 Å². The molecule has 0 fully saturated rings. The van der Waals surface area contributed by atoms with E-state index in [1.165, 1.54) is 27.1 Å². The third-order valence-corrected chi connectivity index (χ3v) is 5.37. The topological polar surface area (TPSA) is 53.8 Å². The molecule has 5 heteroatoms. The van der Waals surface area contributed by atoms with Crippen molar-refractivity contribution in [1.82, 2.24) is 15.3 Å². The normalized spacial score (nSPS) is 12.5. The predicted molar refractivity (Wildman–Crippen MR) is 132 cm³/mol. The van der Waals surface area contributed by atoms with Crippen LogP contribution in [-0.2, 0) is 11.4 Å². The Kier molecular flexibility index (Phi) is 8.41. The fraction of sp³-hybridized carbons (Fsp3) is 0.462. The van der Waals surface area contributed by atoms with Crippen LogP contribution < -0.4 is 11.1 Å². The van der Waals surface area contributed by atoms with E-state index in [1.807, 2.05) is 12.1 Å². The summed E-state index contributed by atoms with van der Waals surface area (Å²) < 4.78 is 0. The molecule has 0 aromatic heterocycles. The van der Waals surface area contributed by atoms with Crippen molar-refractivity contribution < 1.29 is 4.84 Å². The molecule has 0 saturated heterocycles. The van der Waals surface area contributed by atoms with E-state index in [0.717, 1.165) is 39.3 Å². The second-order valence-electron chi connectivity index (χ2n) is 9.10. The summed E-state index contributed by atoms with van der Waals surface area (Å²) in [6.07, 6.45) is 0. The molecule has 0 aliphatic carbocycles. The van der Waals surface area contributed by atoms with Crippen molar-refractivity contribution in [2.24, 2.45) is 5.73 Å². The monoisotopic (exact) mass is 422 g/mol. The Balaban J connectivity index is 1.83. The second kappa shape index (κ2) is 11.0. The van der Waals surface area contributed by atoms with Crippen LogP contribution in [-0.4, -0.2) is 61.9 Å². The molecule has 0 spiro atoms. The summed E-state index contributed by atoms with van der Waals surface area (Å²) in [6, 6.07) is 19.8. The van der Waals surface area contributed by atoms with Gasteiger partial charge in [0.05, 0.1) is 5.60 Å². The molecule has 31 heavy (non-hydrogen) atoms. The van der Waals surface area contributed by atoms with Crippen molar-refractivity contribution >= 4 is 21.5 Å². The molecule has 0 amide bonds. The Hall–Kier alpha value is -2.02. The number of benzene rings is 3. The Morgan fingerprint density at radius 1 is 0.871 bits per heavy atom. The van der Waals surface area contributed by atoms with Crippen LogP contribution in [0.25, 0.3) is 21.5 Å². The first-order chi connectivity index (χ1) is 14.9. The summed E-state index contributed by atoms with van der Waals surface area (Å²) in [5.41, 5.74) is 6.97. The molecule has 0 saturated carbocycles. The Morgan fingerprint density at radius 2 is 1.55 bits per heavy atom. The van der Waals surface area contributed by atoms with Gasteiger partial charge < -0.3 is 11.1 Å². The van der Waals surface area contributed by atoms with E-state index >= 15 is 0 Å². The SMILES string of the molecule is CNCCN(CCN(CCN)OC(C)(C)C)Cc1cc2ccccc2c2ccccc12. The molecule has 0 atom stereocenters. The van der Waals surface area contributed by atoms with Crippen LogP contribution >= 0.6 is 0 Å². The van der Waals surface area contributed by atoms with Gasteiger partial charge in [0, 0.05) is 45.8 Å². The molecule has 3 N–H and O–H groups in total. The summed E-state index contributed by atoms with van der Waals surface area (Å²) >= 11 is 0. The van der Waals surface area contributed by atoms with Crippen LogP contribution in [0.15, 0.2) is 54.6 Å². The summed E-state index contributed by atoms with van der Waals surface area (Å²) in [7, 11) is 2.01. The highest BCUT2D eigenvalue weighted by Gasteiger charge is 2.18. The van der Waals surface area contributed by atoms with Crippen molar-refractivity contribution in [3.05, 3.63) is 60.2 Å². The largest absolute Gasteiger partial charge is 0.329 e. The number of hydrogen-bond donors (Lipinski definition) is 2. The van der Waals surface area contributed by atoms with E-state index in [-0.39, 0.29) is 5.60 Å².